The summed E-state index contributed by atoms with van der Waals surface area (Å²) in [6, 6.07) is 15.3. The van der Waals surface area contributed by atoms with Crippen LogP contribution in [0.25, 0.3) is 11.1 Å². The number of nitrogens with zero attached hydrogens (tertiary/aromatic N) is 1. The molecule has 1 atom stereocenters. The van der Waals surface area contributed by atoms with Crippen LogP contribution in [-0.2, 0) is 22.6 Å². The molecule has 0 bridgehead atoms. The van der Waals surface area contributed by atoms with E-state index in [1.54, 1.807) is 25.3 Å². The first-order valence-electron chi connectivity index (χ1n) is 12.5. The molecule has 0 aromatic heterocycles. The van der Waals surface area contributed by atoms with Gasteiger partial charge in [0, 0.05) is 24.2 Å². The first-order valence-corrected chi connectivity index (χ1v) is 12.5. The maximum absolute atomic E-state index is 13.5. The molecular weight excluding hydrogens is 466 g/mol. The summed E-state index contributed by atoms with van der Waals surface area (Å²) in [5, 5.41) is 10.3. The van der Waals surface area contributed by atoms with E-state index in [-0.39, 0.29) is 5.91 Å². The number of carbonyl (C=O) groups is 2. The van der Waals surface area contributed by atoms with Crippen LogP contribution < -0.4 is 4.74 Å². The monoisotopic (exact) mass is 501 g/mol. The molecule has 0 saturated heterocycles. The maximum Gasteiger partial charge on any atom is 0.337 e. The fraction of sp³-hybridized carbons (Fsp3) is 0.355. The van der Waals surface area contributed by atoms with Crippen molar-refractivity contribution < 1.29 is 24.2 Å². The molecule has 37 heavy (non-hydrogen) atoms. The maximum atomic E-state index is 13.5. The SMILES string of the molecule is COc1cccc(C(=O)N2Cc3c(C)c(-c4ccc(C)cc4)c([C@H](OC(C)(C)C)C(=O)O)c(C)c3C2)c1. The molecular formula is C31H35NO5. The summed E-state index contributed by atoms with van der Waals surface area (Å²) >= 11 is 0. The highest BCUT2D eigenvalue weighted by atomic mass is 16.5. The number of carboxylic acid groups (broad SMARTS) is 1. The topological polar surface area (TPSA) is 76.1 Å². The van der Waals surface area contributed by atoms with Crippen LogP contribution in [0, 0.1) is 20.8 Å². The number of benzene rings is 3. The Morgan fingerprint density at radius 3 is 2.14 bits per heavy atom. The Morgan fingerprint density at radius 1 is 0.946 bits per heavy atom. The number of carboxylic acids is 1. The Hall–Kier alpha value is -3.64. The molecule has 6 heteroatoms. The zero-order chi connectivity index (χ0) is 27.1. The van der Waals surface area contributed by atoms with E-state index in [4.69, 9.17) is 9.47 Å². The smallest absolute Gasteiger partial charge is 0.337 e. The summed E-state index contributed by atoms with van der Waals surface area (Å²) in [5.74, 6) is -0.497. The van der Waals surface area contributed by atoms with Gasteiger partial charge in [0.25, 0.3) is 5.91 Å². The van der Waals surface area contributed by atoms with Crippen molar-refractivity contribution in [2.24, 2.45) is 0 Å². The number of amides is 1. The normalized spacial score (nSPS) is 13.9. The second-order valence-electron chi connectivity index (χ2n) is 10.7. The summed E-state index contributed by atoms with van der Waals surface area (Å²) < 4.78 is 11.4. The molecule has 194 valence electrons. The average molecular weight is 502 g/mol. The average Bonchev–Trinajstić information content (AvgIpc) is 3.31. The van der Waals surface area contributed by atoms with Crippen molar-refractivity contribution >= 4 is 11.9 Å². The van der Waals surface area contributed by atoms with Gasteiger partial charge in [-0.05, 0) is 93.1 Å². The highest BCUT2D eigenvalue weighted by Crippen LogP contribution is 2.44. The van der Waals surface area contributed by atoms with Gasteiger partial charge in [-0.25, -0.2) is 4.79 Å². The van der Waals surface area contributed by atoms with Crippen LogP contribution in [0.2, 0.25) is 0 Å². The summed E-state index contributed by atoms with van der Waals surface area (Å²) in [7, 11) is 1.58. The number of hydrogen-bond acceptors (Lipinski definition) is 4. The Bertz CT molecular complexity index is 1350. The number of rotatable bonds is 6. The van der Waals surface area contributed by atoms with Crippen molar-refractivity contribution in [2.75, 3.05) is 7.11 Å². The summed E-state index contributed by atoms with van der Waals surface area (Å²) in [6.45, 7) is 12.4. The van der Waals surface area contributed by atoms with Gasteiger partial charge in [-0.2, -0.15) is 0 Å². The van der Waals surface area contributed by atoms with Crippen molar-refractivity contribution in [3.63, 3.8) is 0 Å². The molecule has 1 heterocycles. The van der Waals surface area contributed by atoms with Crippen molar-refractivity contribution in [3.8, 4) is 16.9 Å². The van der Waals surface area contributed by atoms with Gasteiger partial charge in [-0.15, -0.1) is 0 Å². The second kappa shape index (κ2) is 10.0. The molecule has 0 spiro atoms. The van der Waals surface area contributed by atoms with Crippen LogP contribution in [0.15, 0.2) is 48.5 Å². The molecule has 1 amide bonds. The van der Waals surface area contributed by atoms with E-state index in [9.17, 15) is 14.7 Å². The molecule has 3 aromatic rings. The van der Waals surface area contributed by atoms with Gasteiger partial charge in [0.05, 0.1) is 12.7 Å². The zero-order valence-corrected chi connectivity index (χ0v) is 22.6. The van der Waals surface area contributed by atoms with E-state index in [0.717, 1.165) is 38.9 Å². The lowest BCUT2D eigenvalue weighted by Crippen LogP contribution is -2.28. The minimum absolute atomic E-state index is 0.0898. The summed E-state index contributed by atoms with van der Waals surface area (Å²) in [6.07, 6.45) is -1.15. The van der Waals surface area contributed by atoms with Crippen molar-refractivity contribution in [1.29, 1.82) is 0 Å². The van der Waals surface area contributed by atoms with E-state index in [2.05, 4.69) is 0 Å². The number of aliphatic carboxylic acids is 1. The lowest BCUT2D eigenvalue weighted by Gasteiger charge is -2.29. The predicted molar refractivity (Wildman–Crippen MR) is 144 cm³/mol. The van der Waals surface area contributed by atoms with E-state index < -0.39 is 17.7 Å². The third-order valence-corrected chi connectivity index (χ3v) is 6.92. The predicted octanol–water partition coefficient (Wildman–Crippen LogP) is 6.38. The number of carbonyl (C=O) groups excluding carboxylic acids is 1. The number of fused-ring (bicyclic) bond motifs is 1. The van der Waals surface area contributed by atoms with Gasteiger partial charge in [0.1, 0.15) is 5.75 Å². The fourth-order valence-electron chi connectivity index (χ4n) is 5.11. The molecule has 1 aliphatic rings. The Balaban J connectivity index is 1.88. The van der Waals surface area contributed by atoms with Crippen molar-refractivity contribution in [2.45, 2.75) is 66.3 Å². The molecule has 3 aromatic carbocycles. The minimum atomic E-state index is -1.15. The molecule has 0 saturated carbocycles. The lowest BCUT2D eigenvalue weighted by atomic mass is 9.83. The van der Waals surface area contributed by atoms with Crippen molar-refractivity contribution in [1.82, 2.24) is 4.90 Å². The van der Waals surface area contributed by atoms with Gasteiger partial charge < -0.3 is 19.5 Å². The molecule has 1 aliphatic heterocycles. The van der Waals surface area contributed by atoms with Gasteiger partial charge in [-0.1, -0.05) is 35.9 Å². The highest BCUT2D eigenvalue weighted by Gasteiger charge is 2.36. The van der Waals surface area contributed by atoms with Gasteiger partial charge in [0.15, 0.2) is 6.10 Å². The first-order chi connectivity index (χ1) is 17.4. The number of aryl methyl sites for hydroxylation is 1. The van der Waals surface area contributed by atoms with Gasteiger partial charge in [-0.3, -0.25) is 4.79 Å². The van der Waals surface area contributed by atoms with Crippen LogP contribution >= 0.6 is 0 Å². The minimum Gasteiger partial charge on any atom is -0.497 e. The second-order valence-corrected chi connectivity index (χ2v) is 10.7. The third kappa shape index (κ3) is 5.25. The lowest BCUT2D eigenvalue weighted by molar-refractivity contribution is -0.160. The van der Waals surface area contributed by atoms with E-state index in [0.29, 0.717) is 30.0 Å². The number of ether oxygens (including phenoxy) is 2. The van der Waals surface area contributed by atoms with Crippen LogP contribution in [0.5, 0.6) is 5.75 Å². The highest BCUT2D eigenvalue weighted by molar-refractivity contribution is 5.95. The Labute approximate surface area is 218 Å². The standard InChI is InChI=1S/C31H35NO5/c1-18-11-13-21(14-12-18)26-19(2)24-16-32(29(33)22-9-8-10-23(15-22)36-7)17-25(24)20(3)27(26)28(30(34)35)37-31(4,5)6/h8-15,28H,16-17H2,1-7H3,(H,34,35)/t28-/m0/s1. The van der Waals surface area contributed by atoms with Crippen LogP contribution in [0.3, 0.4) is 0 Å². The first kappa shape index (κ1) is 26.4. The molecule has 0 radical (unpaired) electrons. The Morgan fingerprint density at radius 2 is 1.57 bits per heavy atom. The molecule has 4 rings (SSSR count). The van der Waals surface area contributed by atoms with E-state index in [1.165, 1.54) is 0 Å². The number of methoxy groups -OCH3 is 1. The zero-order valence-electron chi connectivity index (χ0n) is 22.6. The summed E-state index contributed by atoms with van der Waals surface area (Å²) in [5.41, 5.74) is 7.35. The van der Waals surface area contributed by atoms with E-state index >= 15 is 0 Å². The molecule has 6 nitrogen and oxygen atoms in total. The molecule has 1 N–H and O–H groups in total. The van der Waals surface area contributed by atoms with Gasteiger partial charge in [0.2, 0.25) is 0 Å². The molecule has 0 unspecified atom stereocenters. The third-order valence-electron chi connectivity index (χ3n) is 6.92. The summed E-state index contributed by atoms with van der Waals surface area (Å²) in [4.78, 5) is 27.9. The fourth-order valence-corrected chi connectivity index (χ4v) is 5.11. The largest absolute Gasteiger partial charge is 0.497 e. The van der Waals surface area contributed by atoms with Gasteiger partial charge >= 0.3 is 5.97 Å². The van der Waals surface area contributed by atoms with E-state index in [1.807, 2.05) is 76.8 Å². The molecule has 0 fully saturated rings. The Kier molecular flexibility index (Phi) is 7.16. The van der Waals surface area contributed by atoms with Crippen LogP contribution in [-0.4, -0.2) is 34.6 Å². The van der Waals surface area contributed by atoms with Crippen LogP contribution in [0.4, 0.5) is 0 Å². The quantitative estimate of drug-likeness (QED) is 0.424. The molecule has 0 aliphatic carbocycles. The number of hydrogen-bond donors (Lipinski definition) is 1. The van der Waals surface area contributed by atoms with Crippen LogP contribution in [0.1, 0.15) is 70.6 Å². The van der Waals surface area contributed by atoms with Crippen molar-refractivity contribution in [3.05, 3.63) is 87.5 Å².